The minimum absolute atomic E-state index is 0.0944. The summed E-state index contributed by atoms with van der Waals surface area (Å²) in [6, 6.07) is 0.336. The van der Waals surface area contributed by atoms with Crippen LogP contribution in [-0.2, 0) is 0 Å². The number of aliphatic hydroxyl groups excluding tert-OH is 1. The molecular weight excluding hydrogens is 282 g/mol. The fourth-order valence-electron chi connectivity index (χ4n) is 5.97. The summed E-state index contributed by atoms with van der Waals surface area (Å²) in [4.78, 5) is 2.24. The highest BCUT2D eigenvalue weighted by atomic mass is 16.3. The Kier molecular flexibility index (Phi) is 5.89. The van der Waals surface area contributed by atoms with Gasteiger partial charge in [0.25, 0.3) is 0 Å². The number of aliphatic hydroxyl groups is 1. The van der Waals surface area contributed by atoms with Crippen molar-refractivity contribution < 1.29 is 5.11 Å². The van der Waals surface area contributed by atoms with Crippen molar-refractivity contribution in [2.24, 2.45) is 28.6 Å². The molecule has 2 saturated carbocycles. The van der Waals surface area contributed by atoms with Crippen LogP contribution in [0.1, 0.15) is 79.6 Å². The van der Waals surface area contributed by atoms with Crippen LogP contribution < -0.4 is 0 Å². The third-order valence-electron chi connectivity index (χ3n) is 7.87. The molecule has 136 valence electrons. The second-order valence-corrected chi connectivity index (χ2v) is 9.80. The summed E-state index contributed by atoms with van der Waals surface area (Å²) in [7, 11) is 4.25. The van der Waals surface area contributed by atoms with Crippen LogP contribution in [0.5, 0.6) is 0 Å². The summed E-state index contributed by atoms with van der Waals surface area (Å²) in [5.74, 6) is 2.41. The number of nitrogens with zero attached hydrogens (tertiary/aromatic N) is 1. The molecule has 2 fully saturated rings. The van der Waals surface area contributed by atoms with Crippen LogP contribution in [0.25, 0.3) is 0 Å². The maximum absolute atomic E-state index is 11.1. The van der Waals surface area contributed by atoms with Crippen LogP contribution in [0.15, 0.2) is 0 Å². The Morgan fingerprint density at radius 3 is 2.17 bits per heavy atom. The molecule has 1 N–H and O–H groups in total. The van der Waals surface area contributed by atoms with Crippen molar-refractivity contribution in [1.29, 1.82) is 0 Å². The van der Waals surface area contributed by atoms with E-state index in [9.17, 15) is 5.11 Å². The van der Waals surface area contributed by atoms with E-state index in [0.29, 0.717) is 11.5 Å². The third-order valence-corrected chi connectivity index (χ3v) is 7.87. The predicted octanol–water partition coefficient (Wildman–Crippen LogP) is 4.96. The van der Waals surface area contributed by atoms with Gasteiger partial charge in [-0.3, -0.25) is 0 Å². The summed E-state index contributed by atoms with van der Waals surface area (Å²) in [6.07, 6.45) is 8.85. The molecule has 6 atom stereocenters. The van der Waals surface area contributed by atoms with E-state index in [2.05, 4.69) is 53.6 Å². The van der Waals surface area contributed by atoms with Gasteiger partial charge in [-0.1, -0.05) is 53.9 Å². The Labute approximate surface area is 145 Å². The second-order valence-electron chi connectivity index (χ2n) is 9.80. The van der Waals surface area contributed by atoms with Gasteiger partial charge >= 0.3 is 0 Å². The van der Waals surface area contributed by atoms with Gasteiger partial charge in [0, 0.05) is 11.5 Å². The first-order valence-corrected chi connectivity index (χ1v) is 9.98. The first-order chi connectivity index (χ1) is 10.6. The predicted molar refractivity (Wildman–Crippen MR) is 99.5 cm³/mol. The molecule has 0 unspecified atom stereocenters. The molecule has 0 aliphatic heterocycles. The highest BCUT2D eigenvalue weighted by Crippen LogP contribution is 2.65. The van der Waals surface area contributed by atoms with Crippen LogP contribution in [0.2, 0.25) is 0 Å². The maximum Gasteiger partial charge on any atom is 0.0753 e. The molecule has 0 spiro atoms. The van der Waals surface area contributed by atoms with Gasteiger partial charge in [0.2, 0.25) is 0 Å². The molecule has 0 aromatic heterocycles. The standard InChI is InChI=1S/C21H41NO/c1-15(2)9-8-10-16(3)17-11-13-21(5)19(23)18(22(6)7)12-14-20(17,21)4/h15-19,23H,8-14H2,1-7H3/t16-,17-,18+,19+,20-,21+/m1/s1. The number of likely N-dealkylation sites (N-methyl/N-ethyl adjacent to an activating group) is 1. The molecule has 0 radical (unpaired) electrons. The molecule has 23 heavy (non-hydrogen) atoms. The summed E-state index contributed by atoms with van der Waals surface area (Å²) in [5, 5.41) is 11.1. The van der Waals surface area contributed by atoms with Crippen molar-refractivity contribution in [2.45, 2.75) is 91.7 Å². The van der Waals surface area contributed by atoms with Crippen molar-refractivity contribution in [3.8, 4) is 0 Å². The zero-order chi connectivity index (χ0) is 17.4. The van der Waals surface area contributed by atoms with E-state index >= 15 is 0 Å². The van der Waals surface area contributed by atoms with E-state index in [0.717, 1.165) is 24.2 Å². The number of hydrogen-bond acceptors (Lipinski definition) is 2. The highest BCUT2D eigenvalue weighted by molar-refractivity contribution is 5.12. The fraction of sp³-hybridized carbons (Fsp3) is 1.00. The molecule has 0 saturated heterocycles. The minimum atomic E-state index is -0.177. The SMILES string of the molecule is CC(C)CCC[C@@H](C)[C@H]1CC[C@@]2(C)[C@@H](O)[C@@H](N(C)C)CC[C@]12C. The lowest BCUT2D eigenvalue weighted by molar-refractivity contribution is -0.130. The lowest BCUT2D eigenvalue weighted by Crippen LogP contribution is -2.58. The highest BCUT2D eigenvalue weighted by Gasteiger charge is 2.62. The topological polar surface area (TPSA) is 23.5 Å². The van der Waals surface area contributed by atoms with E-state index in [1.807, 2.05) is 0 Å². The molecule has 2 heteroatoms. The van der Waals surface area contributed by atoms with Crippen molar-refractivity contribution in [1.82, 2.24) is 4.90 Å². The first-order valence-electron chi connectivity index (χ1n) is 9.98. The lowest BCUT2D eigenvalue weighted by atomic mass is 9.53. The van der Waals surface area contributed by atoms with Crippen LogP contribution in [0, 0.1) is 28.6 Å². The summed E-state index contributed by atoms with van der Waals surface area (Å²) in [6.45, 7) is 12.0. The number of hydrogen-bond donors (Lipinski definition) is 1. The van der Waals surface area contributed by atoms with Crippen molar-refractivity contribution >= 4 is 0 Å². The van der Waals surface area contributed by atoms with E-state index < -0.39 is 0 Å². The zero-order valence-corrected chi connectivity index (χ0v) is 16.7. The minimum Gasteiger partial charge on any atom is -0.391 e. The monoisotopic (exact) mass is 323 g/mol. The number of rotatable bonds is 6. The summed E-state index contributed by atoms with van der Waals surface area (Å²) in [5.41, 5.74) is 0.410. The third kappa shape index (κ3) is 3.35. The smallest absolute Gasteiger partial charge is 0.0753 e. The molecule has 2 aliphatic carbocycles. The van der Waals surface area contributed by atoms with Crippen LogP contribution in [0.3, 0.4) is 0 Å². The lowest BCUT2D eigenvalue weighted by Gasteiger charge is -2.56. The average Bonchev–Trinajstić information content (AvgIpc) is 2.72. The van der Waals surface area contributed by atoms with Crippen molar-refractivity contribution in [3.05, 3.63) is 0 Å². The molecule has 0 aromatic rings. The van der Waals surface area contributed by atoms with Gasteiger partial charge in [0.05, 0.1) is 6.10 Å². The van der Waals surface area contributed by atoms with Crippen molar-refractivity contribution in [2.75, 3.05) is 14.1 Å². The van der Waals surface area contributed by atoms with E-state index in [1.165, 1.54) is 38.5 Å². The quantitative estimate of drug-likeness (QED) is 0.747. The van der Waals surface area contributed by atoms with E-state index in [1.54, 1.807) is 0 Å². The first kappa shape index (κ1) is 19.2. The molecule has 2 aliphatic rings. The molecule has 0 bridgehead atoms. The molecule has 2 nitrogen and oxygen atoms in total. The van der Waals surface area contributed by atoms with Crippen LogP contribution in [0.4, 0.5) is 0 Å². The Balaban J connectivity index is 2.09. The second kappa shape index (κ2) is 7.04. The summed E-state index contributed by atoms with van der Waals surface area (Å²) < 4.78 is 0. The summed E-state index contributed by atoms with van der Waals surface area (Å²) >= 11 is 0. The molecular formula is C21H41NO. The van der Waals surface area contributed by atoms with Crippen LogP contribution in [-0.4, -0.2) is 36.2 Å². The molecule has 0 amide bonds. The van der Waals surface area contributed by atoms with Gasteiger partial charge < -0.3 is 10.0 Å². The van der Waals surface area contributed by atoms with Gasteiger partial charge in [0.1, 0.15) is 0 Å². The van der Waals surface area contributed by atoms with Gasteiger partial charge in [-0.15, -0.1) is 0 Å². The Hall–Kier alpha value is -0.0800. The molecule has 0 heterocycles. The van der Waals surface area contributed by atoms with E-state index in [-0.39, 0.29) is 11.5 Å². The Morgan fingerprint density at radius 2 is 1.61 bits per heavy atom. The van der Waals surface area contributed by atoms with Gasteiger partial charge in [-0.05, 0) is 62.9 Å². The van der Waals surface area contributed by atoms with Gasteiger partial charge in [-0.25, -0.2) is 0 Å². The van der Waals surface area contributed by atoms with Crippen molar-refractivity contribution in [3.63, 3.8) is 0 Å². The number of fused-ring (bicyclic) bond motifs is 1. The van der Waals surface area contributed by atoms with E-state index in [4.69, 9.17) is 0 Å². The fourth-order valence-corrected chi connectivity index (χ4v) is 5.97. The van der Waals surface area contributed by atoms with Crippen LogP contribution >= 0.6 is 0 Å². The van der Waals surface area contributed by atoms with Gasteiger partial charge in [0.15, 0.2) is 0 Å². The Bertz CT molecular complexity index is 393. The average molecular weight is 324 g/mol. The largest absolute Gasteiger partial charge is 0.391 e. The molecule has 2 rings (SSSR count). The van der Waals surface area contributed by atoms with Gasteiger partial charge in [-0.2, -0.15) is 0 Å². The maximum atomic E-state index is 11.1. The zero-order valence-electron chi connectivity index (χ0n) is 16.7. The normalized spacial score (nSPS) is 42.3. The molecule has 0 aromatic carbocycles. The Morgan fingerprint density at radius 1 is 1.00 bits per heavy atom.